The van der Waals surface area contributed by atoms with Crippen molar-refractivity contribution in [2.75, 3.05) is 17.2 Å². The Bertz CT molecular complexity index is 204. The number of hydrogen-bond acceptors (Lipinski definition) is 4. The van der Waals surface area contributed by atoms with Gasteiger partial charge in [-0.15, -0.1) is 0 Å². The van der Waals surface area contributed by atoms with Gasteiger partial charge in [0.15, 0.2) is 0 Å². The van der Waals surface area contributed by atoms with Crippen LogP contribution in [0, 0.1) is 0 Å². The number of nitrogens with zero attached hydrogens (tertiary/aromatic N) is 1. The van der Waals surface area contributed by atoms with Crippen LogP contribution in [0.25, 0.3) is 0 Å². The van der Waals surface area contributed by atoms with Crippen LogP contribution >= 0.6 is 0 Å². The van der Waals surface area contributed by atoms with Crippen molar-refractivity contribution in [1.82, 2.24) is 4.89 Å². The maximum atomic E-state index is 5.38. The topological polar surface area (TPSA) is 90.9 Å². The molecule has 0 atom stereocenters. The van der Waals surface area contributed by atoms with Crippen LogP contribution in [-0.4, -0.2) is 11.9 Å². The van der Waals surface area contributed by atoms with Gasteiger partial charge in [0.05, 0.1) is 0 Å². The van der Waals surface area contributed by atoms with E-state index in [2.05, 4.69) is 4.89 Å². The first-order chi connectivity index (χ1) is 4.22. The van der Waals surface area contributed by atoms with E-state index >= 15 is 0 Å². The van der Waals surface area contributed by atoms with Crippen LogP contribution in [0.4, 0.5) is 17.2 Å². The number of aromatic nitrogens is 1. The van der Waals surface area contributed by atoms with Crippen molar-refractivity contribution in [2.45, 2.75) is 0 Å². The second-order valence-electron chi connectivity index (χ2n) is 1.70. The van der Waals surface area contributed by atoms with Gasteiger partial charge in [0.2, 0.25) is 0 Å². The second kappa shape index (κ2) is 1.93. The minimum atomic E-state index is 0.287. The van der Waals surface area contributed by atoms with Gasteiger partial charge in [-0.3, -0.25) is 0 Å². The molecule has 5 heteroatoms. The van der Waals surface area contributed by atoms with Crippen LogP contribution < -0.4 is 17.2 Å². The summed E-state index contributed by atoms with van der Waals surface area (Å²) in [5.41, 5.74) is 16.9. The molecule has 0 saturated carbocycles. The fourth-order valence-corrected chi connectivity index (χ4v) is 0.505. The van der Waals surface area contributed by atoms with Crippen LogP contribution in [0.3, 0.4) is 0 Å². The van der Waals surface area contributed by atoms with Gasteiger partial charge in [-0.1, -0.05) is 0 Å². The monoisotopic (exact) mass is 122 g/mol. The fraction of sp³-hybridized carbons (Fsp3) is 0. The van der Waals surface area contributed by atoms with E-state index in [0.717, 1.165) is 0 Å². The van der Waals surface area contributed by atoms with Crippen molar-refractivity contribution in [1.29, 1.82) is 0 Å². The third-order valence-electron chi connectivity index (χ3n) is 1.05. The summed E-state index contributed by atoms with van der Waals surface area (Å²) in [4.78, 5) is 3.71. The quantitative estimate of drug-likeness (QED) is 0.418. The Hall–Kier alpha value is -1.26. The van der Waals surface area contributed by atoms with Crippen LogP contribution in [0.2, 0.25) is 0 Å². The molecule has 0 saturated heterocycles. The Morgan fingerprint density at radius 2 is 2.00 bits per heavy atom. The molecular weight excluding hydrogens is 115 g/mol. The Labute approximate surface area is 53.3 Å². The van der Waals surface area contributed by atoms with E-state index in [1.807, 2.05) is 0 Å². The molecule has 6 N–H and O–H groups in total. The van der Waals surface area contributed by atoms with Gasteiger partial charge in [0.25, 0.3) is 0 Å². The van der Waals surface area contributed by atoms with E-state index < -0.39 is 0 Å². The summed E-state index contributed by atoms with van der Waals surface area (Å²) >= 11 is 0. The zero-order valence-corrected chi connectivity index (χ0v) is 4.83. The zero-order chi connectivity index (χ0) is 6.85. The third-order valence-corrected chi connectivity index (χ3v) is 1.05. The molecule has 0 bridgehead atoms. The summed E-state index contributed by atoms with van der Waals surface area (Å²) < 4.78 is 0. The van der Waals surface area contributed by atoms with Gasteiger partial charge in [-0.05, 0) is 0 Å². The molecule has 0 spiro atoms. The molecule has 46 valence electrons. The molecule has 1 aromatic heterocycles. The van der Waals surface area contributed by atoms with E-state index in [0.29, 0.717) is 11.4 Å². The SMILES string of the molecule is Nc1cbnc(N)c1N. The van der Waals surface area contributed by atoms with Crippen molar-refractivity contribution in [3.8, 4) is 0 Å². The molecule has 0 fully saturated rings. The van der Waals surface area contributed by atoms with E-state index in [-0.39, 0.29) is 5.82 Å². The summed E-state index contributed by atoms with van der Waals surface area (Å²) in [7, 11) is 1.51. The third kappa shape index (κ3) is 0.935. The molecule has 1 heterocycles. The molecular formula is C4H7BN4. The Kier molecular flexibility index (Phi) is 1.26. The molecule has 0 radical (unpaired) electrons. The summed E-state index contributed by atoms with van der Waals surface area (Å²) in [5.74, 6) is 1.89. The van der Waals surface area contributed by atoms with Crippen molar-refractivity contribution in [3.05, 3.63) is 5.96 Å². The van der Waals surface area contributed by atoms with Crippen LogP contribution in [0.15, 0.2) is 5.96 Å². The maximum absolute atomic E-state index is 5.38. The molecule has 0 aromatic carbocycles. The average molecular weight is 122 g/mol. The van der Waals surface area contributed by atoms with Crippen molar-refractivity contribution in [3.63, 3.8) is 0 Å². The van der Waals surface area contributed by atoms with Gasteiger partial charge in [-0.25, -0.2) is 0 Å². The first kappa shape index (κ1) is 5.87. The Morgan fingerprint density at radius 1 is 1.33 bits per heavy atom. The molecule has 0 aliphatic rings. The number of nitrogens with two attached hydrogens (primary N) is 3. The predicted octanol–water partition coefficient (Wildman–Crippen LogP) is -0.834. The summed E-state index contributed by atoms with van der Waals surface area (Å²) in [6, 6.07) is 0. The van der Waals surface area contributed by atoms with Gasteiger partial charge >= 0.3 is 52.3 Å². The minimum absolute atomic E-state index is 0.287. The number of anilines is 3. The van der Waals surface area contributed by atoms with Gasteiger partial charge < -0.3 is 0 Å². The Balaban J connectivity index is 3.25. The summed E-state index contributed by atoms with van der Waals surface area (Å²) in [5, 5.41) is 0. The van der Waals surface area contributed by atoms with E-state index in [1.54, 1.807) is 5.96 Å². The van der Waals surface area contributed by atoms with Crippen molar-refractivity contribution in [2.24, 2.45) is 0 Å². The summed E-state index contributed by atoms with van der Waals surface area (Å²) in [6.45, 7) is 0. The van der Waals surface area contributed by atoms with E-state index in [9.17, 15) is 0 Å². The molecule has 4 nitrogen and oxygen atoms in total. The van der Waals surface area contributed by atoms with Gasteiger partial charge in [0, 0.05) is 0 Å². The van der Waals surface area contributed by atoms with E-state index in [1.165, 1.54) is 7.05 Å². The predicted molar refractivity (Wildman–Crippen MR) is 38.8 cm³/mol. The first-order valence-electron chi connectivity index (χ1n) is 2.47. The Morgan fingerprint density at radius 3 is 2.44 bits per heavy atom. The van der Waals surface area contributed by atoms with Gasteiger partial charge in [-0.2, -0.15) is 0 Å². The number of rotatable bonds is 0. The summed E-state index contributed by atoms with van der Waals surface area (Å²) in [6.07, 6.45) is 0. The average Bonchev–Trinajstić information content (AvgIpc) is 1.83. The van der Waals surface area contributed by atoms with Crippen LogP contribution in [0.5, 0.6) is 0 Å². The fourth-order valence-electron chi connectivity index (χ4n) is 0.505. The van der Waals surface area contributed by atoms with Crippen molar-refractivity contribution >= 4 is 24.2 Å². The van der Waals surface area contributed by atoms with Gasteiger partial charge in [0.1, 0.15) is 0 Å². The first-order valence-corrected chi connectivity index (χ1v) is 2.47. The molecule has 1 aromatic rings. The second-order valence-corrected chi connectivity index (χ2v) is 1.70. The van der Waals surface area contributed by atoms with Crippen LogP contribution in [-0.2, 0) is 0 Å². The van der Waals surface area contributed by atoms with Crippen molar-refractivity contribution < 1.29 is 0 Å². The molecule has 0 aliphatic carbocycles. The molecule has 1 rings (SSSR count). The standard InChI is InChI=1S/C4H7BN4/c6-2-1-5-9-4(8)3(2)7/h1H,6-7H2,(H2,8,9). The zero-order valence-electron chi connectivity index (χ0n) is 4.83. The molecule has 9 heavy (non-hydrogen) atoms. The molecule has 0 amide bonds. The molecule has 0 unspecified atom stereocenters. The van der Waals surface area contributed by atoms with Crippen LogP contribution in [0.1, 0.15) is 0 Å². The normalized spacial score (nSPS) is 8.89. The molecule has 0 aliphatic heterocycles. The van der Waals surface area contributed by atoms with E-state index in [4.69, 9.17) is 17.2 Å². The number of hydrogen-bond donors (Lipinski definition) is 3. The number of nitrogen functional groups attached to an aromatic ring is 3.